The number of nitrogens with zero attached hydrogens (tertiary/aromatic N) is 2. The summed E-state index contributed by atoms with van der Waals surface area (Å²) in [6.45, 7) is 3.31. The van der Waals surface area contributed by atoms with Gasteiger partial charge in [0.05, 0.1) is 4.47 Å². The van der Waals surface area contributed by atoms with Crippen LogP contribution < -0.4 is 5.32 Å². The smallest absolute Gasteiger partial charge is 0.140 e. The third-order valence-corrected chi connectivity index (χ3v) is 5.45. The lowest BCUT2D eigenvalue weighted by Crippen LogP contribution is -2.52. The van der Waals surface area contributed by atoms with Crippen molar-refractivity contribution in [2.45, 2.75) is 38.1 Å². The van der Waals surface area contributed by atoms with Crippen LogP contribution in [0.25, 0.3) is 0 Å². The Hall–Kier alpha value is -0.130. The molecule has 2 rings (SSSR count). The van der Waals surface area contributed by atoms with Crippen molar-refractivity contribution in [3.05, 3.63) is 21.2 Å². The number of nitrogens with one attached hydrogen (secondary N) is 1. The summed E-state index contributed by atoms with van der Waals surface area (Å²) in [5, 5.41) is 3.53. The van der Waals surface area contributed by atoms with Crippen molar-refractivity contribution in [2.75, 3.05) is 26.0 Å². The molecular formula is C15H23Br2N3. The highest BCUT2D eigenvalue weighted by Crippen LogP contribution is 2.36. The van der Waals surface area contributed by atoms with Gasteiger partial charge < -0.3 is 10.2 Å². The molecule has 0 spiro atoms. The first-order valence-electron chi connectivity index (χ1n) is 7.15. The highest BCUT2D eigenvalue weighted by atomic mass is 79.9. The minimum Gasteiger partial charge on any atom is -0.367 e. The zero-order valence-electron chi connectivity index (χ0n) is 12.4. The Morgan fingerprint density at radius 2 is 2.20 bits per heavy atom. The second kappa shape index (κ2) is 6.75. The second-order valence-electron chi connectivity index (χ2n) is 6.16. The van der Waals surface area contributed by atoms with E-state index in [0.29, 0.717) is 0 Å². The van der Waals surface area contributed by atoms with Gasteiger partial charge in [-0.2, -0.15) is 0 Å². The van der Waals surface area contributed by atoms with Gasteiger partial charge in [-0.3, -0.25) is 0 Å². The molecule has 0 radical (unpaired) electrons. The van der Waals surface area contributed by atoms with Gasteiger partial charge in [0.1, 0.15) is 5.82 Å². The van der Waals surface area contributed by atoms with Gasteiger partial charge in [0, 0.05) is 22.8 Å². The molecule has 3 nitrogen and oxygen atoms in total. The molecule has 20 heavy (non-hydrogen) atoms. The van der Waals surface area contributed by atoms with Gasteiger partial charge in [-0.05, 0) is 70.8 Å². The fraction of sp³-hybridized carbons (Fsp3) is 0.667. The highest BCUT2D eigenvalue weighted by Gasteiger charge is 2.36. The van der Waals surface area contributed by atoms with E-state index < -0.39 is 0 Å². The molecular weight excluding hydrogens is 382 g/mol. The molecule has 1 aliphatic carbocycles. The quantitative estimate of drug-likeness (QED) is 0.798. The molecule has 1 N–H and O–H groups in total. The van der Waals surface area contributed by atoms with E-state index in [4.69, 9.17) is 0 Å². The summed E-state index contributed by atoms with van der Waals surface area (Å²) in [5.41, 5.74) is 0.242. The maximum absolute atomic E-state index is 4.45. The summed E-state index contributed by atoms with van der Waals surface area (Å²) >= 11 is 7.01. The van der Waals surface area contributed by atoms with E-state index in [0.717, 1.165) is 27.2 Å². The summed E-state index contributed by atoms with van der Waals surface area (Å²) in [5.74, 6) is 1.72. The number of anilines is 1. The van der Waals surface area contributed by atoms with Crippen molar-refractivity contribution in [3.63, 3.8) is 0 Å². The summed E-state index contributed by atoms with van der Waals surface area (Å²) in [4.78, 5) is 6.84. The van der Waals surface area contributed by atoms with Crippen LogP contribution in [0, 0.1) is 5.92 Å². The Labute approximate surface area is 138 Å². The first kappa shape index (κ1) is 16.2. The van der Waals surface area contributed by atoms with Crippen LogP contribution in [0.15, 0.2) is 21.2 Å². The van der Waals surface area contributed by atoms with Crippen molar-refractivity contribution >= 4 is 37.7 Å². The molecule has 1 aromatic heterocycles. The van der Waals surface area contributed by atoms with E-state index in [2.05, 4.69) is 68.1 Å². The number of hydrogen-bond donors (Lipinski definition) is 1. The molecule has 2 unspecified atom stereocenters. The summed E-state index contributed by atoms with van der Waals surface area (Å²) in [6, 6.07) is 2.03. The van der Waals surface area contributed by atoms with Gasteiger partial charge in [-0.1, -0.05) is 19.8 Å². The molecule has 1 aromatic rings. The van der Waals surface area contributed by atoms with E-state index in [-0.39, 0.29) is 5.54 Å². The van der Waals surface area contributed by atoms with Gasteiger partial charge >= 0.3 is 0 Å². The molecule has 1 saturated carbocycles. The molecule has 2 atom stereocenters. The van der Waals surface area contributed by atoms with Crippen molar-refractivity contribution in [1.29, 1.82) is 0 Å². The van der Waals surface area contributed by atoms with Crippen LogP contribution in [0.2, 0.25) is 0 Å². The Bertz CT molecular complexity index is 464. The number of pyridine rings is 1. The van der Waals surface area contributed by atoms with Crippen LogP contribution in [0.3, 0.4) is 0 Å². The van der Waals surface area contributed by atoms with E-state index in [9.17, 15) is 0 Å². The lowest BCUT2D eigenvalue weighted by atomic mass is 9.75. The Kier molecular flexibility index (Phi) is 5.49. The predicted octanol–water partition coefficient (Wildman–Crippen LogP) is 4.53. The number of rotatable bonds is 4. The molecule has 0 bridgehead atoms. The standard InChI is InChI=1S/C15H23Br2N3/c1-11-5-4-6-15(8-11,20(2)3)10-19-14-13(17)7-12(16)9-18-14/h7,9,11H,4-6,8,10H2,1-3H3,(H,18,19). The molecule has 5 heteroatoms. The molecule has 1 heterocycles. The molecule has 112 valence electrons. The molecule has 0 saturated heterocycles. The normalized spacial score (nSPS) is 26.8. The Morgan fingerprint density at radius 3 is 2.80 bits per heavy atom. The van der Waals surface area contributed by atoms with Crippen LogP contribution in [-0.2, 0) is 0 Å². The van der Waals surface area contributed by atoms with Crippen LogP contribution in [-0.4, -0.2) is 36.1 Å². The summed E-state index contributed by atoms with van der Waals surface area (Å²) in [6.07, 6.45) is 7.01. The number of halogens is 2. The molecule has 0 aliphatic heterocycles. The first-order valence-corrected chi connectivity index (χ1v) is 8.74. The average molecular weight is 405 g/mol. The predicted molar refractivity (Wildman–Crippen MR) is 92.2 cm³/mol. The zero-order valence-corrected chi connectivity index (χ0v) is 15.6. The van der Waals surface area contributed by atoms with Crippen molar-refractivity contribution in [2.24, 2.45) is 5.92 Å². The third-order valence-electron chi connectivity index (χ3n) is 4.41. The molecule has 0 amide bonds. The van der Waals surface area contributed by atoms with Crippen LogP contribution in [0.4, 0.5) is 5.82 Å². The van der Waals surface area contributed by atoms with Gasteiger partial charge in [0.2, 0.25) is 0 Å². The number of aromatic nitrogens is 1. The van der Waals surface area contributed by atoms with Gasteiger partial charge in [-0.25, -0.2) is 4.98 Å². The van der Waals surface area contributed by atoms with Crippen molar-refractivity contribution in [1.82, 2.24) is 9.88 Å². The Morgan fingerprint density at radius 1 is 1.45 bits per heavy atom. The third kappa shape index (κ3) is 3.74. The SMILES string of the molecule is CC1CCCC(CNc2ncc(Br)cc2Br)(N(C)C)C1. The summed E-state index contributed by atoms with van der Waals surface area (Å²) < 4.78 is 1.99. The monoisotopic (exact) mass is 403 g/mol. The average Bonchev–Trinajstić information content (AvgIpc) is 2.37. The maximum atomic E-state index is 4.45. The fourth-order valence-corrected chi connectivity index (χ4v) is 4.28. The minimum atomic E-state index is 0.242. The van der Waals surface area contributed by atoms with Crippen molar-refractivity contribution in [3.8, 4) is 0 Å². The number of hydrogen-bond acceptors (Lipinski definition) is 3. The van der Waals surface area contributed by atoms with Crippen LogP contribution >= 0.6 is 31.9 Å². The van der Waals surface area contributed by atoms with Gasteiger partial charge in [0.15, 0.2) is 0 Å². The first-order chi connectivity index (χ1) is 9.43. The topological polar surface area (TPSA) is 28.2 Å². The minimum absolute atomic E-state index is 0.242. The lowest BCUT2D eigenvalue weighted by molar-refractivity contribution is 0.0881. The molecule has 1 fully saturated rings. The van der Waals surface area contributed by atoms with Gasteiger partial charge in [0.25, 0.3) is 0 Å². The second-order valence-corrected chi connectivity index (χ2v) is 7.93. The lowest BCUT2D eigenvalue weighted by Gasteiger charge is -2.45. The van der Waals surface area contributed by atoms with Crippen molar-refractivity contribution < 1.29 is 0 Å². The Balaban J connectivity index is 2.09. The summed E-state index contributed by atoms with van der Waals surface area (Å²) in [7, 11) is 4.40. The van der Waals surface area contributed by atoms with E-state index in [1.807, 2.05) is 12.3 Å². The van der Waals surface area contributed by atoms with E-state index >= 15 is 0 Å². The fourth-order valence-electron chi connectivity index (χ4n) is 3.15. The van der Waals surface area contributed by atoms with E-state index in [1.165, 1.54) is 25.7 Å². The van der Waals surface area contributed by atoms with Crippen LogP contribution in [0.5, 0.6) is 0 Å². The largest absolute Gasteiger partial charge is 0.367 e. The maximum Gasteiger partial charge on any atom is 0.140 e. The van der Waals surface area contributed by atoms with Gasteiger partial charge in [-0.15, -0.1) is 0 Å². The molecule has 0 aromatic carbocycles. The number of likely N-dealkylation sites (N-methyl/N-ethyl adjacent to an activating group) is 1. The molecule has 1 aliphatic rings. The van der Waals surface area contributed by atoms with E-state index in [1.54, 1.807) is 0 Å². The van der Waals surface area contributed by atoms with Crippen LogP contribution in [0.1, 0.15) is 32.6 Å². The highest BCUT2D eigenvalue weighted by molar-refractivity contribution is 9.11. The zero-order chi connectivity index (χ0) is 14.8.